The highest BCUT2D eigenvalue weighted by molar-refractivity contribution is 6.06. The van der Waals surface area contributed by atoms with Gasteiger partial charge < -0.3 is 14.4 Å². The first kappa shape index (κ1) is 23.6. The number of ether oxygens (including phenoxy) is 2. The van der Waals surface area contributed by atoms with Crippen molar-refractivity contribution in [2.45, 2.75) is 73.1 Å². The van der Waals surface area contributed by atoms with Crippen LogP contribution in [0.1, 0.15) is 78.7 Å². The van der Waals surface area contributed by atoms with E-state index in [1.54, 1.807) is 7.11 Å². The number of carbonyl (C=O) groups is 2. The smallest absolute Gasteiger partial charge is 0.162 e. The SMILES string of the molecule is CCOc1cc(C2C3=C(CC(C)(C)CC3=O)N(CC)C3=C2C(=O)CC(C)(C)C3)ccc1OC. The molecule has 4 rings (SSSR count). The highest BCUT2D eigenvalue weighted by Crippen LogP contribution is 2.54. The molecule has 1 aromatic carbocycles. The molecule has 0 atom stereocenters. The molecule has 0 amide bonds. The van der Waals surface area contributed by atoms with Crippen molar-refractivity contribution in [3.05, 3.63) is 46.3 Å². The Balaban J connectivity index is 1.98. The van der Waals surface area contributed by atoms with Crippen molar-refractivity contribution in [2.24, 2.45) is 10.8 Å². The van der Waals surface area contributed by atoms with E-state index in [0.29, 0.717) is 30.9 Å². The number of benzene rings is 1. The fourth-order valence-corrected chi connectivity index (χ4v) is 5.90. The van der Waals surface area contributed by atoms with Crippen LogP contribution in [0.4, 0.5) is 0 Å². The minimum absolute atomic E-state index is 0.101. The molecule has 0 bridgehead atoms. The second kappa shape index (κ2) is 8.34. The third-order valence-electron chi connectivity index (χ3n) is 7.16. The first-order chi connectivity index (χ1) is 15.5. The Morgan fingerprint density at radius 2 is 1.42 bits per heavy atom. The molecule has 1 aliphatic heterocycles. The van der Waals surface area contributed by atoms with Crippen LogP contribution in [-0.2, 0) is 9.59 Å². The Kier molecular flexibility index (Phi) is 5.96. The average Bonchev–Trinajstić information content (AvgIpc) is 2.71. The zero-order chi connectivity index (χ0) is 24.1. The summed E-state index contributed by atoms with van der Waals surface area (Å²) >= 11 is 0. The lowest BCUT2D eigenvalue weighted by molar-refractivity contribution is -0.119. The van der Waals surface area contributed by atoms with Crippen LogP contribution >= 0.6 is 0 Å². The molecule has 3 aliphatic rings. The highest BCUT2D eigenvalue weighted by atomic mass is 16.5. The molecule has 0 N–H and O–H groups in total. The lowest BCUT2D eigenvalue weighted by Crippen LogP contribution is -2.44. The predicted molar refractivity (Wildman–Crippen MR) is 129 cm³/mol. The van der Waals surface area contributed by atoms with E-state index >= 15 is 0 Å². The standard InChI is InChI=1S/C28H37NO4/c1-8-29-18-13-27(3,4)15-20(30)25(18)24(26-19(29)14-28(5,6)16-21(26)31)17-10-11-22(32-7)23(12-17)33-9-2/h10-12,24H,8-9,13-16H2,1-7H3. The summed E-state index contributed by atoms with van der Waals surface area (Å²) in [6, 6.07) is 5.84. The molecular weight excluding hydrogens is 414 g/mol. The summed E-state index contributed by atoms with van der Waals surface area (Å²) < 4.78 is 11.3. The Hall–Kier alpha value is -2.56. The number of allylic oxidation sites excluding steroid dienone is 4. The van der Waals surface area contributed by atoms with E-state index in [2.05, 4.69) is 39.5 Å². The van der Waals surface area contributed by atoms with E-state index in [1.807, 2.05) is 25.1 Å². The maximum Gasteiger partial charge on any atom is 0.162 e. The van der Waals surface area contributed by atoms with Gasteiger partial charge in [0.25, 0.3) is 0 Å². The van der Waals surface area contributed by atoms with Gasteiger partial charge >= 0.3 is 0 Å². The molecule has 33 heavy (non-hydrogen) atoms. The number of hydrogen-bond acceptors (Lipinski definition) is 5. The molecule has 5 heteroatoms. The second-order valence-electron chi connectivity index (χ2n) is 11.1. The fourth-order valence-electron chi connectivity index (χ4n) is 5.90. The molecule has 2 aliphatic carbocycles. The maximum atomic E-state index is 13.7. The first-order valence-electron chi connectivity index (χ1n) is 12.1. The topological polar surface area (TPSA) is 55.8 Å². The van der Waals surface area contributed by atoms with Crippen molar-refractivity contribution in [1.82, 2.24) is 4.90 Å². The monoisotopic (exact) mass is 451 g/mol. The minimum Gasteiger partial charge on any atom is -0.493 e. The van der Waals surface area contributed by atoms with E-state index in [4.69, 9.17) is 9.47 Å². The summed E-state index contributed by atoms with van der Waals surface area (Å²) in [6.45, 7) is 14.0. The molecule has 178 valence electrons. The third kappa shape index (κ3) is 4.11. The van der Waals surface area contributed by atoms with Gasteiger partial charge in [-0.25, -0.2) is 0 Å². The first-order valence-corrected chi connectivity index (χ1v) is 12.1. The molecule has 0 fully saturated rings. The summed E-state index contributed by atoms with van der Waals surface area (Å²) in [5.41, 5.74) is 4.53. The average molecular weight is 452 g/mol. The van der Waals surface area contributed by atoms with E-state index in [9.17, 15) is 9.59 Å². The van der Waals surface area contributed by atoms with Gasteiger partial charge in [0.05, 0.1) is 13.7 Å². The number of methoxy groups -OCH3 is 1. The van der Waals surface area contributed by atoms with Crippen molar-refractivity contribution in [3.63, 3.8) is 0 Å². The Morgan fingerprint density at radius 3 is 1.88 bits per heavy atom. The van der Waals surface area contributed by atoms with Crippen molar-refractivity contribution < 1.29 is 19.1 Å². The van der Waals surface area contributed by atoms with Crippen LogP contribution in [0.5, 0.6) is 11.5 Å². The zero-order valence-corrected chi connectivity index (χ0v) is 21.1. The molecule has 0 spiro atoms. The number of hydrogen-bond donors (Lipinski definition) is 0. The van der Waals surface area contributed by atoms with Gasteiger partial charge in [0, 0.05) is 47.8 Å². The number of Topliss-reactive ketones (excluding diaryl/α,β-unsaturated/α-hetero) is 2. The highest BCUT2D eigenvalue weighted by Gasteiger charge is 2.48. The van der Waals surface area contributed by atoms with Gasteiger partial charge in [-0.15, -0.1) is 0 Å². The minimum atomic E-state index is -0.352. The van der Waals surface area contributed by atoms with Crippen LogP contribution in [0.15, 0.2) is 40.7 Å². The maximum absolute atomic E-state index is 13.7. The molecule has 0 saturated carbocycles. The van der Waals surface area contributed by atoms with Crippen molar-refractivity contribution in [1.29, 1.82) is 0 Å². The molecule has 0 unspecified atom stereocenters. The van der Waals surface area contributed by atoms with Crippen molar-refractivity contribution in [2.75, 3.05) is 20.3 Å². The van der Waals surface area contributed by atoms with Crippen LogP contribution in [0.2, 0.25) is 0 Å². The van der Waals surface area contributed by atoms with Gasteiger partial charge in [-0.05, 0) is 55.2 Å². The number of rotatable bonds is 5. The molecule has 1 heterocycles. The summed E-state index contributed by atoms with van der Waals surface area (Å²) in [7, 11) is 1.62. The van der Waals surface area contributed by atoms with Crippen LogP contribution in [0.3, 0.4) is 0 Å². The fraction of sp³-hybridized carbons (Fsp3) is 0.571. The van der Waals surface area contributed by atoms with Gasteiger partial charge in [-0.3, -0.25) is 9.59 Å². The van der Waals surface area contributed by atoms with E-state index < -0.39 is 0 Å². The van der Waals surface area contributed by atoms with Gasteiger partial charge in [-0.1, -0.05) is 33.8 Å². The summed E-state index contributed by atoms with van der Waals surface area (Å²) in [5.74, 6) is 1.26. The van der Waals surface area contributed by atoms with E-state index in [1.165, 1.54) is 0 Å². The molecular formula is C28H37NO4. The quantitative estimate of drug-likeness (QED) is 0.566. The van der Waals surface area contributed by atoms with Gasteiger partial charge in [0.15, 0.2) is 23.1 Å². The van der Waals surface area contributed by atoms with Gasteiger partial charge in [-0.2, -0.15) is 0 Å². The normalized spacial score (nSPS) is 22.3. The lowest BCUT2D eigenvalue weighted by atomic mass is 9.63. The van der Waals surface area contributed by atoms with E-state index in [-0.39, 0.29) is 28.3 Å². The molecule has 5 nitrogen and oxygen atoms in total. The van der Waals surface area contributed by atoms with Crippen LogP contribution < -0.4 is 9.47 Å². The van der Waals surface area contributed by atoms with Crippen molar-refractivity contribution in [3.8, 4) is 11.5 Å². The Labute approximate surface area is 197 Å². The summed E-state index contributed by atoms with van der Waals surface area (Å²) in [6.07, 6.45) is 2.66. The third-order valence-corrected chi connectivity index (χ3v) is 7.16. The van der Waals surface area contributed by atoms with Gasteiger partial charge in [0.1, 0.15) is 0 Å². The number of ketones is 2. The number of nitrogens with zero attached hydrogens (tertiary/aromatic N) is 1. The molecule has 1 aromatic rings. The summed E-state index contributed by atoms with van der Waals surface area (Å²) in [5, 5.41) is 0. The van der Waals surface area contributed by atoms with E-state index in [0.717, 1.165) is 47.5 Å². The number of carbonyl (C=O) groups excluding carboxylic acids is 2. The largest absolute Gasteiger partial charge is 0.493 e. The van der Waals surface area contributed by atoms with Crippen LogP contribution in [0.25, 0.3) is 0 Å². The Bertz CT molecular complexity index is 1010. The predicted octanol–water partition coefficient (Wildman–Crippen LogP) is 5.80. The molecule has 0 aromatic heterocycles. The van der Waals surface area contributed by atoms with Crippen molar-refractivity contribution >= 4 is 11.6 Å². The second-order valence-corrected chi connectivity index (χ2v) is 11.1. The van der Waals surface area contributed by atoms with Crippen LogP contribution in [-0.4, -0.2) is 36.7 Å². The van der Waals surface area contributed by atoms with Crippen LogP contribution in [0, 0.1) is 10.8 Å². The summed E-state index contributed by atoms with van der Waals surface area (Å²) in [4.78, 5) is 29.6. The molecule has 0 radical (unpaired) electrons. The van der Waals surface area contributed by atoms with Gasteiger partial charge in [0.2, 0.25) is 0 Å². The Morgan fingerprint density at radius 1 is 0.879 bits per heavy atom. The molecule has 0 saturated heterocycles. The lowest BCUT2D eigenvalue weighted by Gasteiger charge is -2.48. The zero-order valence-electron chi connectivity index (χ0n) is 21.1.